The predicted octanol–water partition coefficient (Wildman–Crippen LogP) is 3.54. The van der Waals surface area contributed by atoms with Gasteiger partial charge in [-0.15, -0.1) is 0 Å². The second-order valence-corrected chi connectivity index (χ2v) is 8.37. The highest BCUT2D eigenvalue weighted by Crippen LogP contribution is 2.54. The maximum absolute atomic E-state index is 13.9. The summed E-state index contributed by atoms with van der Waals surface area (Å²) >= 11 is 0. The van der Waals surface area contributed by atoms with Crippen molar-refractivity contribution in [3.63, 3.8) is 0 Å². The Hall–Kier alpha value is -3.27. The molecule has 10 heteroatoms. The van der Waals surface area contributed by atoms with Crippen LogP contribution in [0, 0.1) is 0 Å². The van der Waals surface area contributed by atoms with Crippen LogP contribution in [0.25, 0.3) is 0 Å². The highest BCUT2D eigenvalue weighted by molar-refractivity contribution is 6.10. The number of carbonyl (C=O) groups is 1. The normalized spacial score (nSPS) is 30.4. The molecule has 2 fully saturated rings. The number of furan rings is 1. The number of benzene rings is 1. The van der Waals surface area contributed by atoms with E-state index in [0.29, 0.717) is 22.9 Å². The summed E-state index contributed by atoms with van der Waals surface area (Å²) in [7, 11) is 0. The van der Waals surface area contributed by atoms with E-state index < -0.39 is 29.0 Å². The number of amides is 1. The van der Waals surface area contributed by atoms with Crippen LogP contribution >= 0.6 is 0 Å². The fraction of sp³-hybridized carbons (Fsp3) is 0.364. The number of halogens is 3. The number of rotatable bonds is 2. The fourth-order valence-corrected chi connectivity index (χ4v) is 5.02. The Bertz CT molecular complexity index is 1200. The van der Waals surface area contributed by atoms with Crippen LogP contribution < -0.4 is 4.90 Å². The van der Waals surface area contributed by atoms with Crippen LogP contribution in [-0.4, -0.2) is 36.8 Å². The third kappa shape index (κ3) is 2.46. The van der Waals surface area contributed by atoms with E-state index in [2.05, 4.69) is 0 Å². The van der Waals surface area contributed by atoms with Gasteiger partial charge in [-0.05, 0) is 36.8 Å². The van der Waals surface area contributed by atoms with Gasteiger partial charge in [0.2, 0.25) is 18.5 Å². The topological polar surface area (TPSA) is 73.5 Å². The number of alkyl halides is 3. The minimum absolute atomic E-state index is 0.0314. The SMILES string of the molecule is CC12C=C3OCOC3=NC1C1(CO2)C(=O)N(Cc2ccc(C(F)(F)F)o2)c2ccccc21. The summed E-state index contributed by atoms with van der Waals surface area (Å²) in [5, 5.41) is 0. The van der Waals surface area contributed by atoms with E-state index in [1.165, 1.54) is 11.0 Å². The lowest BCUT2D eigenvalue weighted by atomic mass is 9.71. The van der Waals surface area contributed by atoms with Crippen molar-refractivity contribution in [2.75, 3.05) is 18.3 Å². The highest BCUT2D eigenvalue weighted by atomic mass is 19.4. The third-order valence-electron chi connectivity index (χ3n) is 6.46. The van der Waals surface area contributed by atoms with Gasteiger partial charge in [0.1, 0.15) is 22.8 Å². The molecule has 0 radical (unpaired) electrons. The van der Waals surface area contributed by atoms with Crippen molar-refractivity contribution in [3.05, 3.63) is 65.3 Å². The number of hydrogen-bond acceptors (Lipinski definition) is 6. The quantitative estimate of drug-likeness (QED) is 0.706. The van der Waals surface area contributed by atoms with Crippen molar-refractivity contribution < 1.29 is 36.6 Å². The van der Waals surface area contributed by atoms with E-state index >= 15 is 0 Å². The molecule has 1 aromatic heterocycles. The molecule has 0 aliphatic carbocycles. The molecule has 4 aliphatic heterocycles. The van der Waals surface area contributed by atoms with Crippen LogP contribution in [0.5, 0.6) is 0 Å². The van der Waals surface area contributed by atoms with Crippen LogP contribution in [0.15, 0.2) is 57.6 Å². The molecular weight excluding hydrogens is 429 g/mol. The molecule has 6 rings (SSSR count). The summed E-state index contributed by atoms with van der Waals surface area (Å²) in [6.07, 6.45) is -2.82. The lowest BCUT2D eigenvalue weighted by Crippen LogP contribution is -2.52. The smallest absolute Gasteiger partial charge is 0.449 e. The minimum Gasteiger partial charge on any atom is -0.455 e. The lowest BCUT2D eigenvalue weighted by molar-refractivity contribution is -0.153. The summed E-state index contributed by atoms with van der Waals surface area (Å²) < 4.78 is 60.9. The highest BCUT2D eigenvalue weighted by Gasteiger charge is 2.67. The Labute approximate surface area is 180 Å². The number of para-hydroxylation sites is 1. The maximum Gasteiger partial charge on any atom is 0.449 e. The van der Waals surface area contributed by atoms with Gasteiger partial charge in [-0.3, -0.25) is 4.79 Å². The Morgan fingerprint density at radius 3 is 2.78 bits per heavy atom. The zero-order valence-electron chi connectivity index (χ0n) is 16.8. The largest absolute Gasteiger partial charge is 0.455 e. The first-order valence-electron chi connectivity index (χ1n) is 10.0. The molecule has 1 aromatic carbocycles. The molecular formula is C22H17F3N2O5. The number of aliphatic imine (C=N–C) groups is 1. The number of fused-ring (bicyclic) bond motifs is 5. The van der Waals surface area contributed by atoms with Gasteiger partial charge in [0.25, 0.3) is 5.90 Å². The first kappa shape index (κ1) is 19.4. The molecule has 0 bridgehead atoms. The Kier molecular flexibility index (Phi) is 3.74. The number of carbonyl (C=O) groups excluding carboxylic acids is 1. The average Bonchev–Trinajstić information content (AvgIpc) is 3.50. The van der Waals surface area contributed by atoms with E-state index in [9.17, 15) is 18.0 Å². The Morgan fingerprint density at radius 2 is 2.00 bits per heavy atom. The molecule has 4 aliphatic rings. The van der Waals surface area contributed by atoms with E-state index in [1.54, 1.807) is 18.2 Å². The second-order valence-electron chi connectivity index (χ2n) is 8.37. The van der Waals surface area contributed by atoms with Gasteiger partial charge in [0.05, 0.1) is 13.2 Å². The molecule has 32 heavy (non-hydrogen) atoms. The zero-order valence-corrected chi connectivity index (χ0v) is 16.8. The summed E-state index contributed by atoms with van der Waals surface area (Å²) in [5.74, 6) is -0.580. The Morgan fingerprint density at radius 1 is 1.19 bits per heavy atom. The molecule has 1 spiro atoms. The maximum atomic E-state index is 13.9. The molecule has 3 unspecified atom stereocenters. The molecule has 7 nitrogen and oxygen atoms in total. The third-order valence-corrected chi connectivity index (χ3v) is 6.46. The Balaban J connectivity index is 1.42. The number of hydrogen-bond donors (Lipinski definition) is 0. The zero-order chi connectivity index (χ0) is 22.3. The van der Waals surface area contributed by atoms with Gasteiger partial charge in [0.15, 0.2) is 5.76 Å². The second kappa shape index (κ2) is 6.16. The van der Waals surface area contributed by atoms with Crippen molar-refractivity contribution in [1.82, 2.24) is 0 Å². The van der Waals surface area contributed by atoms with Gasteiger partial charge in [-0.2, -0.15) is 13.2 Å². The summed E-state index contributed by atoms with van der Waals surface area (Å²) in [6.45, 7) is 1.79. The minimum atomic E-state index is -4.60. The standard InChI is InChI=1S/C22H17F3N2O5/c1-20-8-15-17(30-11-29-15)26-18(20)21(10-31-20)13-4-2-3-5-14(13)27(19(21)28)9-12-6-7-16(32-12)22(23,24)25/h2-8,18H,9-11H2,1H3. The van der Waals surface area contributed by atoms with Crippen LogP contribution in [-0.2, 0) is 37.1 Å². The average molecular weight is 446 g/mol. The summed E-state index contributed by atoms with van der Waals surface area (Å²) in [6, 6.07) is 8.65. The van der Waals surface area contributed by atoms with Crippen LogP contribution in [0.2, 0.25) is 0 Å². The summed E-state index contributed by atoms with van der Waals surface area (Å²) in [4.78, 5) is 20.0. The predicted molar refractivity (Wildman–Crippen MR) is 104 cm³/mol. The number of dihydropyridines is 1. The molecule has 2 aromatic rings. The molecule has 166 valence electrons. The van der Waals surface area contributed by atoms with Crippen molar-refractivity contribution in [3.8, 4) is 0 Å². The molecule has 0 N–H and O–H groups in total. The van der Waals surface area contributed by atoms with E-state index in [-0.39, 0.29) is 31.6 Å². The molecule has 5 heterocycles. The summed E-state index contributed by atoms with van der Waals surface area (Å²) in [5.41, 5.74) is -0.749. The van der Waals surface area contributed by atoms with Crippen molar-refractivity contribution in [1.29, 1.82) is 0 Å². The molecule has 3 atom stereocenters. The number of anilines is 1. The first-order chi connectivity index (χ1) is 15.2. The molecule has 2 saturated heterocycles. The lowest BCUT2D eigenvalue weighted by Gasteiger charge is -2.33. The van der Waals surface area contributed by atoms with Gasteiger partial charge < -0.3 is 23.5 Å². The van der Waals surface area contributed by atoms with Crippen molar-refractivity contribution in [2.24, 2.45) is 4.99 Å². The van der Waals surface area contributed by atoms with Crippen molar-refractivity contribution >= 4 is 17.5 Å². The van der Waals surface area contributed by atoms with Crippen molar-refractivity contribution in [2.45, 2.75) is 36.7 Å². The molecule has 0 saturated carbocycles. The molecule has 1 amide bonds. The van der Waals surface area contributed by atoms with E-state index in [0.717, 1.165) is 6.07 Å². The first-order valence-corrected chi connectivity index (χ1v) is 10.0. The van der Waals surface area contributed by atoms with Crippen LogP contribution in [0.3, 0.4) is 0 Å². The van der Waals surface area contributed by atoms with Gasteiger partial charge >= 0.3 is 6.18 Å². The fourth-order valence-electron chi connectivity index (χ4n) is 5.02. The van der Waals surface area contributed by atoms with Crippen LogP contribution in [0.4, 0.5) is 18.9 Å². The van der Waals surface area contributed by atoms with Crippen LogP contribution in [0.1, 0.15) is 24.0 Å². The van der Waals surface area contributed by atoms with Gasteiger partial charge in [-0.1, -0.05) is 18.2 Å². The number of nitrogens with zero attached hydrogens (tertiary/aromatic N) is 2. The van der Waals surface area contributed by atoms with E-state index in [1.807, 2.05) is 19.1 Å². The number of ether oxygens (including phenoxy) is 3. The monoisotopic (exact) mass is 446 g/mol. The van der Waals surface area contributed by atoms with Gasteiger partial charge in [0, 0.05) is 5.69 Å². The van der Waals surface area contributed by atoms with Gasteiger partial charge in [-0.25, -0.2) is 4.99 Å². The van der Waals surface area contributed by atoms with E-state index in [4.69, 9.17) is 23.6 Å².